The lowest BCUT2D eigenvalue weighted by Crippen LogP contribution is -2.56. The molecule has 0 atom stereocenters. The molecule has 0 rings (SSSR count). The quantitative estimate of drug-likeness (QED) is 0.645. The van der Waals surface area contributed by atoms with Crippen molar-refractivity contribution >= 4 is 12.0 Å². The van der Waals surface area contributed by atoms with Crippen molar-refractivity contribution in [1.29, 1.82) is 0 Å². The normalized spacial score (nSPS) is 11.1. The number of ether oxygens (including phenoxy) is 1. The molecule has 0 fully saturated rings. The molecule has 0 heterocycles. The summed E-state index contributed by atoms with van der Waals surface area (Å²) >= 11 is 0. The average molecular weight is 260 g/mol. The first-order chi connectivity index (χ1) is 8.37. The summed E-state index contributed by atoms with van der Waals surface area (Å²) in [5, 5.41) is 11.8. The molecular formula is C12H24N2O4. The molecule has 0 aliphatic carbocycles. The third kappa shape index (κ3) is 4.91. The zero-order chi connectivity index (χ0) is 14.2. The highest BCUT2D eigenvalue weighted by Gasteiger charge is 2.36. The number of unbranched alkanes of at least 4 members (excludes halogenated alkanes) is 1. The van der Waals surface area contributed by atoms with E-state index in [0.29, 0.717) is 19.7 Å². The molecule has 0 radical (unpaired) electrons. The largest absolute Gasteiger partial charge is 0.480 e. The molecule has 2 N–H and O–H groups in total. The van der Waals surface area contributed by atoms with Crippen LogP contribution in [0, 0.1) is 0 Å². The Morgan fingerprint density at radius 2 is 1.94 bits per heavy atom. The Morgan fingerprint density at radius 1 is 1.33 bits per heavy atom. The number of rotatable bonds is 8. The van der Waals surface area contributed by atoms with Gasteiger partial charge in [-0.15, -0.1) is 0 Å². The van der Waals surface area contributed by atoms with E-state index in [2.05, 4.69) is 5.32 Å². The van der Waals surface area contributed by atoms with E-state index in [1.165, 1.54) is 18.7 Å². The van der Waals surface area contributed by atoms with Crippen molar-refractivity contribution in [3.63, 3.8) is 0 Å². The van der Waals surface area contributed by atoms with Gasteiger partial charge in [0, 0.05) is 26.8 Å². The number of hydrogen-bond acceptors (Lipinski definition) is 3. The second-order valence-corrected chi connectivity index (χ2v) is 4.54. The number of nitrogens with one attached hydrogen (secondary N) is 1. The monoisotopic (exact) mass is 260 g/mol. The molecule has 0 aromatic carbocycles. The SMILES string of the molecule is CCN(C(=O)NCCCCOC)C(C)(C)C(=O)O. The summed E-state index contributed by atoms with van der Waals surface area (Å²) in [4.78, 5) is 24.3. The Labute approximate surface area is 108 Å². The van der Waals surface area contributed by atoms with E-state index in [4.69, 9.17) is 9.84 Å². The summed E-state index contributed by atoms with van der Waals surface area (Å²) in [6, 6.07) is -0.345. The third-order valence-electron chi connectivity index (χ3n) is 2.81. The molecule has 0 aromatic rings. The van der Waals surface area contributed by atoms with Gasteiger partial charge in [0.25, 0.3) is 0 Å². The Bertz CT molecular complexity index is 279. The van der Waals surface area contributed by atoms with Crippen LogP contribution in [0.15, 0.2) is 0 Å². The van der Waals surface area contributed by atoms with Crippen molar-refractivity contribution in [2.24, 2.45) is 0 Å². The van der Waals surface area contributed by atoms with Crippen LogP contribution in [0.25, 0.3) is 0 Å². The lowest BCUT2D eigenvalue weighted by Gasteiger charge is -2.34. The standard InChI is InChI=1S/C12H24N2O4/c1-5-14(12(2,3)10(15)16)11(17)13-8-6-7-9-18-4/h5-9H2,1-4H3,(H,13,17)(H,15,16). The van der Waals surface area contributed by atoms with E-state index in [1.54, 1.807) is 14.0 Å². The van der Waals surface area contributed by atoms with Crippen LogP contribution in [0.3, 0.4) is 0 Å². The molecular weight excluding hydrogens is 236 g/mol. The van der Waals surface area contributed by atoms with E-state index in [0.717, 1.165) is 12.8 Å². The number of carboxylic acid groups (broad SMARTS) is 1. The highest BCUT2D eigenvalue weighted by atomic mass is 16.5. The molecule has 0 saturated carbocycles. The lowest BCUT2D eigenvalue weighted by atomic mass is 10.0. The summed E-state index contributed by atoms with van der Waals surface area (Å²) in [6.45, 7) is 6.33. The van der Waals surface area contributed by atoms with Crippen molar-refractivity contribution in [3.8, 4) is 0 Å². The topological polar surface area (TPSA) is 78.9 Å². The van der Waals surface area contributed by atoms with E-state index in [1.807, 2.05) is 0 Å². The third-order valence-corrected chi connectivity index (χ3v) is 2.81. The van der Waals surface area contributed by atoms with Gasteiger partial charge in [0.1, 0.15) is 5.54 Å². The maximum Gasteiger partial charge on any atom is 0.329 e. The maximum atomic E-state index is 11.9. The van der Waals surface area contributed by atoms with Crippen LogP contribution in [-0.4, -0.2) is 54.4 Å². The van der Waals surface area contributed by atoms with Crippen molar-refractivity contribution in [2.75, 3.05) is 26.8 Å². The van der Waals surface area contributed by atoms with E-state index >= 15 is 0 Å². The molecule has 0 aliphatic heterocycles. The van der Waals surface area contributed by atoms with E-state index < -0.39 is 11.5 Å². The molecule has 0 aromatic heterocycles. The van der Waals surface area contributed by atoms with Crippen LogP contribution < -0.4 is 5.32 Å². The second kappa shape index (κ2) is 7.92. The molecule has 0 aliphatic rings. The van der Waals surface area contributed by atoms with Gasteiger partial charge in [-0.05, 0) is 33.6 Å². The smallest absolute Gasteiger partial charge is 0.329 e. The van der Waals surface area contributed by atoms with E-state index in [9.17, 15) is 9.59 Å². The number of hydrogen-bond donors (Lipinski definition) is 2. The maximum absolute atomic E-state index is 11.9. The number of carbonyl (C=O) groups excluding carboxylic acids is 1. The fraction of sp³-hybridized carbons (Fsp3) is 0.833. The summed E-state index contributed by atoms with van der Waals surface area (Å²) in [7, 11) is 1.63. The number of amides is 2. The predicted octanol–water partition coefficient (Wildman–Crippen LogP) is 1.31. The Morgan fingerprint density at radius 3 is 2.39 bits per heavy atom. The molecule has 6 heteroatoms. The number of carbonyl (C=O) groups is 2. The van der Waals surface area contributed by atoms with Gasteiger partial charge in [-0.1, -0.05) is 0 Å². The van der Waals surface area contributed by atoms with Crippen molar-refractivity contribution in [1.82, 2.24) is 10.2 Å². The van der Waals surface area contributed by atoms with Gasteiger partial charge in [-0.25, -0.2) is 9.59 Å². The van der Waals surface area contributed by atoms with Gasteiger partial charge >= 0.3 is 12.0 Å². The van der Waals surface area contributed by atoms with Crippen LogP contribution in [-0.2, 0) is 9.53 Å². The van der Waals surface area contributed by atoms with E-state index in [-0.39, 0.29) is 6.03 Å². The summed E-state index contributed by atoms with van der Waals surface area (Å²) < 4.78 is 4.90. The minimum absolute atomic E-state index is 0.345. The first-order valence-electron chi connectivity index (χ1n) is 6.15. The zero-order valence-electron chi connectivity index (χ0n) is 11.7. The number of nitrogens with zero attached hydrogens (tertiary/aromatic N) is 1. The predicted molar refractivity (Wildman–Crippen MR) is 68.6 cm³/mol. The molecule has 0 spiro atoms. The number of urea groups is 1. The fourth-order valence-electron chi connectivity index (χ4n) is 1.57. The molecule has 0 saturated heterocycles. The highest BCUT2D eigenvalue weighted by Crippen LogP contribution is 2.14. The summed E-state index contributed by atoms with van der Waals surface area (Å²) in [6.07, 6.45) is 1.68. The Balaban J connectivity index is 4.24. The van der Waals surface area contributed by atoms with Gasteiger partial charge in [-0.2, -0.15) is 0 Å². The Hall–Kier alpha value is -1.30. The van der Waals surface area contributed by atoms with Crippen molar-refractivity contribution in [2.45, 2.75) is 39.2 Å². The van der Waals surface area contributed by atoms with Crippen LogP contribution >= 0.6 is 0 Å². The minimum Gasteiger partial charge on any atom is -0.480 e. The Kier molecular flexibility index (Phi) is 7.35. The van der Waals surface area contributed by atoms with Crippen LogP contribution in [0.2, 0.25) is 0 Å². The lowest BCUT2D eigenvalue weighted by molar-refractivity contribution is -0.147. The van der Waals surface area contributed by atoms with Crippen molar-refractivity contribution in [3.05, 3.63) is 0 Å². The van der Waals surface area contributed by atoms with Crippen LogP contribution in [0.4, 0.5) is 4.79 Å². The number of aliphatic carboxylic acids is 1. The molecule has 2 amide bonds. The minimum atomic E-state index is -1.20. The number of methoxy groups -OCH3 is 1. The van der Waals surface area contributed by atoms with Gasteiger partial charge < -0.3 is 20.1 Å². The van der Waals surface area contributed by atoms with Crippen LogP contribution in [0.5, 0.6) is 0 Å². The number of carboxylic acids is 1. The van der Waals surface area contributed by atoms with Gasteiger partial charge in [-0.3, -0.25) is 0 Å². The number of likely N-dealkylation sites (N-methyl/N-ethyl adjacent to an activating group) is 1. The molecule has 0 unspecified atom stereocenters. The first-order valence-corrected chi connectivity index (χ1v) is 6.15. The van der Waals surface area contributed by atoms with Gasteiger partial charge in [0.2, 0.25) is 0 Å². The zero-order valence-corrected chi connectivity index (χ0v) is 11.7. The fourth-order valence-corrected chi connectivity index (χ4v) is 1.57. The summed E-state index contributed by atoms with van der Waals surface area (Å²) in [5.74, 6) is -1.01. The molecule has 6 nitrogen and oxygen atoms in total. The first kappa shape index (κ1) is 16.7. The van der Waals surface area contributed by atoms with Gasteiger partial charge in [0.15, 0.2) is 0 Å². The van der Waals surface area contributed by atoms with Crippen LogP contribution in [0.1, 0.15) is 33.6 Å². The average Bonchev–Trinajstić information content (AvgIpc) is 2.29. The van der Waals surface area contributed by atoms with Crippen molar-refractivity contribution < 1.29 is 19.4 Å². The second-order valence-electron chi connectivity index (χ2n) is 4.54. The molecule has 0 bridgehead atoms. The van der Waals surface area contributed by atoms with Gasteiger partial charge in [0.05, 0.1) is 0 Å². The summed E-state index contributed by atoms with van der Waals surface area (Å²) in [5.41, 5.74) is -1.20. The highest BCUT2D eigenvalue weighted by molar-refractivity contribution is 5.85. The molecule has 18 heavy (non-hydrogen) atoms. The molecule has 106 valence electrons.